The number of carbonyl (C=O) groups excluding carboxylic acids is 2. The minimum Gasteiger partial charge on any atom is -0.348 e. The van der Waals surface area contributed by atoms with Gasteiger partial charge in [0, 0.05) is 65.0 Å². The van der Waals surface area contributed by atoms with Gasteiger partial charge in [0.05, 0.1) is 11.0 Å². The van der Waals surface area contributed by atoms with Gasteiger partial charge in [0.25, 0.3) is 5.91 Å². The number of pyridine rings is 3. The third-order valence-electron chi connectivity index (χ3n) is 9.33. The maximum Gasteiger partial charge on any atom is 0.270 e. The van der Waals surface area contributed by atoms with Crippen molar-refractivity contribution >= 4 is 39.0 Å². The van der Waals surface area contributed by atoms with Crippen LogP contribution in [0.25, 0.3) is 49.7 Å². The molecule has 5 heterocycles. The van der Waals surface area contributed by atoms with Crippen molar-refractivity contribution in [1.29, 1.82) is 0 Å². The van der Waals surface area contributed by atoms with Crippen LogP contribution in [0.3, 0.4) is 0 Å². The van der Waals surface area contributed by atoms with Gasteiger partial charge in [-0.05, 0) is 91.9 Å². The highest BCUT2D eigenvalue weighted by atomic mass is 19.1. The second kappa shape index (κ2) is 11.6. The number of nitrogens with zero attached hydrogens (tertiary/aromatic N) is 5. The fraction of sp³-hybridized carbons (Fsp3) is 0.184. The highest BCUT2D eigenvalue weighted by molar-refractivity contribution is 6.14. The van der Waals surface area contributed by atoms with Gasteiger partial charge < -0.3 is 9.88 Å². The Bertz CT molecular complexity index is 2300. The molecule has 232 valence electrons. The summed E-state index contributed by atoms with van der Waals surface area (Å²) in [5, 5.41) is 10.3. The van der Waals surface area contributed by atoms with Gasteiger partial charge in [0.1, 0.15) is 22.9 Å². The van der Waals surface area contributed by atoms with Crippen LogP contribution in [0.2, 0.25) is 0 Å². The van der Waals surface area contributed by atoms with Crippen molar-refractivity contribution in [2.75, 3.05) is 0 Å². The second-order valence-electron chi connectivity index (χ2n) is 12.2. The van der Waals surface area contributed by atoms with E-state index in [2.05, 4.69) is 32.0 Å². The molecule has 8 rings (SSSR count). The average Bonchev–Trinajstić information content (AvgIpc) is 3.66. The molecule has 1 aliphatic carbocycles. The predicted octanol–water partition coefficient (Wildman–Crippen LogP) is 7.82. The van der Waals surface area contributed by atoms with Crippen molar-refractivity contribution in [2.24, 2.45) is 0 Å². The SMILES string of the molecule is CC(=O)c1nccc2c3ccccc3n([C@H]3CC[C@H](NC(=O)c4cccc5c(-c6ccncc6)c(-c6ccc(F)cc6)nn45)CC3)c12. The fourth-order valence-corrected chi connectivity index (χ4v) is 7.18. The van der Waals surface area contributed by atoms with Gasteiger partial charge in [-0.25, -0.2) is 8.91 Å². The summed E-state index contributed by atoms with van der Waals surface area (Å²) in [6.45, 7) is 1.57. The molecule has 0 radical (unpaired) electrons. The molecule has 47 heavy (non-hydrogen) atoms. The number of fused-ring (bicyclic) bond motifs is 4. The first-order chi connectivity index (χ1) is 23.0. The monoisotopic (exact) mass is 622 g/mol. The van der Waals surface area contributed by atoms with Crippen molar-refractivity contribution in [1.82, 2.24) is 29.5 Å². The number of hydrogen-bond donors (Lipinski definition) is 1. The van der Waals surface area contributed by atoms with E-state index in [1.54, 1.807) is 48.2 Å². The zero-order valence-electron chi connectivity index (χ0n) is 25.7. The molecule has 0 unspecified atom stereocenters. The minimum atomic E-state index is -0.327. The Hall–Kier alpha value is -5.70. The van der Waals surface area contributed by atoms with Gasteiger partial charge in [0.2, 0.25) is 0 Å². The van der Waals surface area contributed by atoms with Gasteiger partial charge >= 0.3 is 0 Å². The smallest absolute Gasteiger partial charge is 0.270 e. The van der Waals surface area contributed by atoms with Crippen molar-refractivity contribution < 1.29 is 14.0 Å². The molecular weight excluding hydrogens is 591 g/mol. The lowest BCUT2D eigenvalue weighted by Gasteiger charge is -2.31. The molecule has 1 amide bonds. The molecule has 9 heteroatoms. The molecule has 1 saturated carbocycles. The Morgan fingerprint density at radius 2 is 1.53 bits per heavy atom. The summed E-state index contributed by atoms with van der Waals surface area (Å²) in [5.41, 5.74) is 6.83. The Kier molecular flexibility index (Phi) is 7.09. The number of para-hydroxylation sites is 1. The third-order valence-corrected chi connectivity index (χ3v) is 9.33. The summed E-state index contributed by atoms with van der Waals surface area (Å²) in [7, 11) is 0. The van der Waals surface area contributed by atoms with Crippen LogP contribution in [0.5, 0.6) is 0 Å². The van der Waals surface area contributed by atoms with Gasteiger partial charge in [-0.15, -0.1) is 0 Å². The van der Waals surface area contributed by atoms with E-state index in [0.29, 0.717) is 17.1 Å². The zero-order valence-corrected chi connectivity index (χ0v) is 25.7. The Labute approximate surface area is 269 Å². The highest BCUT2D eigenvalue weighted by Crippen LogP contribution is 2.39. The standard InChI is InChI=1S/C38H31FN6O2/c1-23(46)35-37-30(19-22-41-35)29-5-2-3-6-31(29)44(37)28-15-13-27(14-16-28)42-38(47)33-8-4-7-32-34(24-17-20-40-21-18-24)36(43-45(32)33)25-9-11-26(39)12-10-25/h2-12,17-22,27-28H,13-16H2,1H3,(H,42,47)/t27-,28-. The van der Waals surface area contributed by atoms with E-state index >= 15 is 0 Å². The van der Waals surface area contributed by atoms with Crippen LogP contribution < -0.4 is 5.32 Å². The number of halogens is 1. The van der Waals surface area contributed by atoms with Crippen LogP contribution in [0.4, 0.5) is 4.39 Å². The molecule has 7 aromatic rings. The Morgan fingerprint density at radius 1 is 0.787 bits per heavy atom. The summed E-state index contributed by atoms with van der Waals surface area (Å²) in [5.74, 6) is -0.580. The minimum absolute atomic E-state index is 0.0145. The number of aromatic nitrogens is 5. The summed E-state index contributed by atoms with van der Waals surface area (Å²) in [4.78, 5) is 35.1. The van der Waals surface area contributed by atoms with Gasteiger partial charge in [-0.1, -0.05) is 24.3 Å². The number of benzene rings is 2. The van der Waals surface area contributed by atoms with E-state index < -0.39 is 0 Å². The Morgan fingerprint density at radius 3 is 2.30 bits per heavy atom. The fourth-order valence-electron chi connectivity index (χ4n) is 7.18. The molecule has 0 spiro atoms. The van der Waals surface area contributed by atoms with Crippen molar-refractivity contribution in [2.45, 2.75) is 44.7 Å². The van der Waals surface area contributed by atoms with Gasteiger partial charge in [0.15, 0.2) is 5.78 Å². The first kappa shape index (κ1) is 28.8. The Balaban J connectivity index is 1.09. The molecule has 1 fully saturated rings. The zero-order chi connectivity index (χ0) is 32.1. The van der Waals surface area contributed by atoms with Crippen molar-refractivity contribution in [3.05, 3.63) is 121 Å². The number of Topliss-reactive ketones (excluding diaryl/α,β-unsaturated/α-hetero) is 1. The summed E-state index contributed by atoms with van der Waals surface area (Å²) in [6, 6.07) is 26.0. The van der Waals surface area contributed by atoms with E-state index in [0.717, 1.165) is 69.7 Å². The molecule has 5 aromatic heterocycles. The van der Waals surface area contributed by atoms with Gasteiger partial charge in [-0.2, -0.15) is 5.10 Å². The molecular formula is C38H31FN6O2. The van der Waals surface area contributed by atoms with Crippen LogP contribution in [-0.2, 0) is 0 Å². The van der Waals surface area contributed by atoms with E-state index in [-0.39, 0.29) is 29.6 Å². The predicted molar refractivity (Wildman–Crippen MR) is 180 cm³/mol. The number of nitrogens with one attached hydrogen (secondary N) is 1. The molecule has 0 aliphatic heterocycles. The van der Waals surface area contributed by atoms with Crippen LogP contribution in [0, 0.1) is 5.82 Å². The second-order valence-corrected chi connectivity index (χ2v) is 12.2. The largest absolute Gasteiger partial charge is 0.348 e. The maximum atomic E-state index is 13.9. The lowest BCUT2D eigenvalue weighted by atomic mass is 9.90. The van der Waals surface area contributed by atoms with E-state index in [4.69, 9.17) is 5.10 Å². The van der Waals surface area contributed by atoms with Crippen molar-refractivity contribution in [3.63, 3.8) is 0 Å². The molecule has 2 aromatic carbocycles. The topological polar surface area (TPSA) is 94.2 Å². The maximum absolute atomic E-state index is 13.9. The average molecular weight is 623 g/mol. The van der Waals surface area contributed by atoms with E-state index in [1.807, 2.05) is 42.5 Å². The first-order valence-corrected chi connectivity index (χ1v) is 15.9. The summed E-state index contributed by atoms with van der Waals surface area (Å²) >= 11 is 0. The quantitative estimate of drug-likeness (QED) is 0.191. The lowest BCUT2D eigenvalue weighted by molar-refractivity contribution is 0.0914. The van der Waals surface area contributed by atoms with E-state index in [9.17, 15) is 14.0 Å². The molecule has 1 N–H and O–H groups in total. The van der Waals surface area contributed by atoms with Gasteiger partial charge in [-0.3, -0.25) is 19.6 Å². The normalized spacial score (nSPS) is 16.6. The third kappa shape index (κ3) is 4.95. The molecule has 8 nitrogen and oxygen atoms in total. The van der Waals surface area contributed by atoms with Crippen LogP contribution in [0.15, 0.2) is 104 Å². The summed E-state index contributed by atoms with van der Waals surface area (Å²) in [6.07, 6.45) is 8.42. The highest BCUT2D eigenvalue weighted by Gasteiger charge is 2.29. The lowest BCUT2D eigenvalue weighted by Crippen LogP contribution is -2.38. The molecule has 0 atom stereocenters. The number of amides is 1. The van der Waals surface area contributed by atoms with Crippen LogP contribution in [0.1, 0.15) is 59.6 Å². The van der Waals surface area contributed by atoms with Crippen LogP contribution in [-0.4, -0.2) is 41.9 Å². The molecule has 0 bridgehead atoms. The number of hydrogen-bond acceptors (Lipinski definition) is 5. The summed E-state index contributed by atoms with van der Waals surface area (Å²) < 4.78 is 17.8. The number of carbonyl (C=O) groups is 2. The number of ketones is 1. The molecule has 0 saturated heterocycles. The first-order valence-electron chi connectivity index (χ1n) is 15.9. The van der Waals surface area contributed by atoms with Crippen LogP contribution >= 0.6 is 0 Å². The van der Waals surface area contributed by atoms with Crippen molar-refractivity contribution in [3.8, 4) is 22.4 Å². The molecule has 1 aliphatic rings. The van der Waals surface area contributed by atoms with E-state index in [1.165, 1.54) is 12.1 Å². The number of rotatable bonds is 6.